The summed E-state index contributed by atoms with van der Waals surface area (Å²) in [7, 11) is 2.03. The Hall–Kier alpha value is -1.95. The number of imidazole rings is 1. The van der Waals surface area contributed by atoms with Crippen LogP contribution in [0.5, 0.6) is 0 Å². The van der Waals surface area contributed by atoms with E-state index in [-0.39, 0.29) is 0 Å². The second kappa shape index (κ2) is 6.28. The van der Waals surface area contributed by atoms with Crippen LogP contribution in [-0.4, -0.2) is 39.4 Å². The first-order chi connectivity index (χ1) is 11.3. The molecule has 0 amide bonds. The van der Waals surface area contributed by atoms with Crippen molar-refractivity contribution in [2.75, 3.05) is 24.5 Å². The third-order valence-corrected chi connectivity index (χ3v) is 4.99. The zero-order valence-electron chi connectivity index (χ0n) is 13.7. The fourth-order valence-corrected chi connectivity index (χ4v) is 3.48. The summed E-state index contributed by atoms with van der Waals surface area (Å²) in [6.07, 6.45) is 8.58. The first kappa shape index (κ1) is 14.6. The summed E-state index contributed by atoms with van der Waals surface area (Å²) in [5, 5.41) is 12.4. The molecular formula is C17H24N6. The summed E-state index contributed by atoms with van der Waals surface area (Å²) in [5.74, 6) is 1.76. The molecule has 0 unspecified atom stereocenters. The van der Waals surface area contributed by atoms with E-state index >= 15 is 0 Å². The Kier molecular flexibility index (Phi) is 3.99. The fourth-order valence-electron chi connectivity index (χ4n) is 3.48. The van der Waals surface area contributed by atoms with Crippen LogP contribution in [0.2, 0.25) is 0 Å². The van der Waals surface area contributed by atoms with Gasteiger partial charge in [-0.1, -0.05) is 0 Å². The summed E-state index contributed by atoms with van der Waals surface area (Å²) >= 11 is 0. The largest absolute Gasteiger partial charge is 0.354 e. The molecule has 3 heterocycles. The maximum absolute atomic E-state index is 4.44. The van der Waals surface area contributed by atoms with E-state index in [2.05, 4.69) is 36.0 Å². The molecule has 1 aliphatic heterocycles. The van der Waals surface area contributed by atoms with Crippen LogP contribution in [0.1, 0.15) is 29.8 Å². The predicted molar refractivity (Wildman–Crippen MR) is 89.3 cm³/mol. The second-order valence-corrected chi connectivity index (χ2v) is 6.78. The molecule has 6 nitrogen and oxygen atoms in total. The Morgan fingerprint density at radius 2 is 2.09 bits per heavy atom. The van der Waals surface area contributed by atoms with E-state index in [9.17, 15) is 0 Å². The first-order valence-corrected chi connectivity index (χ1v) is 8.56. The smallest absolute Gasteiger partial charge is 0.151 e. The van der Waals surface area contributed by atoms with Gasteiger partial charge in [0, 0.05) is 45.3 Å². The van der Waals surface area contributed by atoms with Gasteiger partial charge in [-0.25, -0.2) is 4.98 Å². The van der Waals surface area contributed by atoms with Gasteiger partial charge < -0.3 is 14.8 Å². The third-order valence-electron chi connectivity index (χ3n) is 4.99. The van der Waals surface area contributed by atoms with Crippen molar-refractivity contribution < 1.29 is 0 Å². The average molecular weight is 312 g/mol. The van der Waals surface area contributed by atoms with Gasteiger partial charge in [-0.2, -0.15) is 5.10 Å². The molecule has 0 saturated carbocycles. The highest BCUT2D eigenvalue weighted by molar-refractivity contribution is 5.44. The number of rotatable bonds is 5. The van der Waals surface area contributed by atoms with E-state index in [1.54, 1.807) is 0 Å². The summed E-state index contributed by atoms with van der Waals surface area (Å²) in [4.78, 5) is 6.49. The highest BCUT2D eigenvalue weighted by atomic mass is 15.3. The molecule has 1 saturated heterocycles. The maximum Gasteiger partial charge on any atom is 0.151 e. The molecule has 1 fully saturated rings. The molecule has 0 spiro atoms. The van der Waals surface area contributed by atoms with Crippen LogP contribution in [0.25, 0.3) is 0 Å². The van der Waals surface area contributed by atoms with Crippen LogP contribution in [-0.2, 0) is 26.4 Å². The van der Waals surface area contributed by atoms with E-state index in [0.717, 1.165) is 38.4 Å². The molecule has 2 aromatic heterocycles. The molecule has 0 atom stereocenters. The van der Waals surface area contributed by atoms with Crippen LogP contribution in [0.15, 0.2) is 18.6 Å². The molecule has 0 radical (unpaired) electrons. The lowest BCUT2D eigenvalue weighted by atomic mass is 9.95. The van der Waals surface area contributed by atoms with E-state index < -0.39 is 0 Å². The second-order valence-electron chi connectivity index (χ2n) is 6.78. The zero-order chi connectivity index (χ0) is 15.6. The summed E-state index contributed by atoms with van der Waals surface area (Å²) in [6, 6.07) is 2.26. The SMILES string of the molecule is Cn1cncc1CNCC1CN(c2cc3c(nn2)CCCC3)C1. The minimum atomic E-state index is 0.695. The van der Waals surface area contributed by atoms with Crippen molar-refractivity contribution in [3.8, 4) is 0 Å². The van der Waals surface area contributed by atoms with Crippen molar-refractivity contribution >= 4 is 5.82 Å². The quantitative estimate of drug-likeness (QED) is 0.902. The van der Waals surface area contributed by atoms with Gasteiger partial charge in [0.2, 0.25) is 0 Å². The standard InChI is InChI=1S/C17H24N6/c1-22-12-19-9-15(22)8-18-7-13-10-23(11-13)17-6-14-4-2-3-5-16(14)20-21-17/h6,9,12-13,18H,2-5,7-8,10-11H2,1H3. The minimum absolute atomic E-state index is 0.695. The number of aromatic nitrogens is 4. The Balaban J connectivity index is 1.26. The highest BCUT2D eigenvalue weighted by Gasteiger charge is 2.28. The van der Waals surface area contributed by atoms with Crippen molar-refractivity contribution in [3.05, 3.63) is 35.5 Å². The molecule has 2 aromatic rings. The van der Waals surface area contributed by atoms with E-state index in [1.165, 1.54) is 36.2 Å². The Morgan fingerprint density at radius 1 is 1.22 bits per heavy atom. The lowest BCUT2D eigenvalue weighted by Crippen LogP contribution is -2.51. The predicted octanol–water partition coefficient (Wildman–Crippen LogP) is 1.31. The molecule has 1 N–H and O–H groups in total. The number of fused-ring (bicyclic) bond motifs is 1. The maximum atomic E-state index is 4.44. The number of hydrogen-bond acceptors (Lipinski definition) is 5. The number of nitrogens with zero attached hydrogens (tertiary/aromatic N) is 5. The van der Waals surface area contributed by atoms with E-state index in [4.69, 9.17) is 0 Å². The Morgan fingerprint density at radius 3 is 2.91 bits per heavy atom. The number of aryl methyl sites for hydroxylation is 3. The van der Waals surface area contributed by atoms with Gasteiger partial charge in [0.1, 0.15) is 0 Å². The van der Waals surface area contributed by atoms with Crippen LogP contribution in [0, 0.1) is 5.92 Å². The lowest BCUT2D eigenvalue weighted by molar-refractivity contribution is 0.379. The van der Waals surface area contributed by atoms with Gasteiger partial charge >= 0.3 is 0 Å². The number of nitrogens with one attached hydrogen (secondary N) is 1. The van der Waals surface area contributed by atoms with E-state index in [0.29, 0.717) is 5.92 Å². The monoisotopic (exact) mass is 312 g/mol. The zero-order valence-corrected chi connectivity index (χ0v) is 13.7. The summed E-state index contributed by atoms with van der Waals surface area (Å²) in [5.41, 5.74) is 3.86. The topological polar surface area (TPSA) is 58.9 Å². The summed E-state index contributed by atoms with van der Waals surface area (Å²) in [6.45, 7) is 4.07. The lowest BCUT2D eigenvalue weighted by Gasteiger charge is -2.40. The molecule has 4 rings (SSSR count). The molecule has 6 heteroatoms. The van der Waals surface area contributed by atoms with Gasteiger partial charge in [-0.05, 0) is 37.3 Å². The van der Waals surface area contributed by atoms with Crippen LogP contribution >= 0.6 is 0 Å². The summed E-state index contributed by atoms with van der Waals surface area (Å²) < 4.78 is 2.06. The van der Waals surface area contributed by atoms with Crippen molar-refractivity contribution in [1.82, 2.24) is 25.1 Å². The van der Waals surface area contributed by atoms with Gasteiger partial charge in [-0.15, -0.1) is 5.10 Å². The molecule has 0 bridgehead atoms. The third kappa shape index (κ3) is 3.08. The highest BCUT2D eigenvalue weighted by Crippen LogP contribution is 2.26. The van der Waals surface area contributed by atoms with Crippen LogP contribution in [0.4, 0.5) is 5.82 Å². The Labute approximate surface area is 136 Å². The van der Waals surface area contributed by atoms with Crippen molar-refractivity contribution in [2.24, 2.45) is 13.0 Å². The van der Waals surface area contributed by atoms with Crippen LogP contribution < -0.4 is 10.2 Å². The molecule has 0 aromatic carbocycles. The van der Waals surface area contributed by atoms with Crippen molar-refractivity contribution in [3.63, 3.8) is 0 Å². The first-order valence-electron chi connectivity index (χ1n) is 8.56. The molecule has 2 aliphatic rings. The van der Waals surface area contributed by atoms with Gasteiger partial charge in [-0.3, -0.25) is 0 Å². The van der Waals surface area contributed by atoms with Crippen LogP contribution in [0.3, 0.4) is 0 Å². The molecular weight excluding hydrogens is 288 g/mol. The van der Waals surface area contributed by atoms with Crippen molar-refractivity contribution in [1.29, 1.82) is 0 Å². The minimum Gasteiger partial charge on any atom is -0.354 e. The Bertz CT molecular complexity index is 673. The molecule has 122 valence electrons. The number of anilines is 1. The molecule has 23 heavy (non-hydrogen) atoms. The fraction of sp³-hybridized carbons (Fsp3) is 0.588. The van der Waals surface area contributed by atoms with Gasteiger partial charge in [0.15, 0.2) is 5.82 Å². The van der Waals surface area contributed by atoms with Gasteiger partial charge in [0.05, 0.1) is 17.7 Å². The van der Waals surface area contributed by atoms with Crippen molar-refractivity contribution in [2.45, 2.75) is 32.2 Å². The van der Waals surface area contributed by atoms with Gasteiger partial charge in [0.25, 0.3) is 0 Å². The normalized spacial score (nSPS) is 17.9. The average Bonchev–Trinajstić information content (AvgIpc) is 2.94. The molecule has 1 aliphatic carbocycles. The van der Waals surface area contributed by atoms with E-state index in [1.807, 2.05) is 19.6 Å². The number of hydrogen-bond donors (Lipinski definition) is 1.